The quantitative estimate of drug-likeness (QED) is 0.758. The SMILES string of the molecule is COc1c(F)cccc1C(=O)N1C[C@@H](C)CC[C@H]1CNc1ccc(Br)cn1. The highest BCUT2D eigenvalue weighted by molar-refractivity contribution is 9.10. The number of nitrogens with zero attached hydrogens (tertiary/aromatic N) is 2. The summed E-state index contributed by atoms with van der Waals surface area (Å²) in [4.78, 5) is 19.3. The number of carbonyl (C=O) groups is 1. The van der Waals surface area contributed by atoms with Gasteiger partial charge in [0.1, 0.15) is 5.82 Å². The van der Waals surface area contributed by atoms with Gasteiger partial charge in [0.25, 0.3) is 5.91 Å². The molecule has 1 aliphatic heterocycles. The van der Waals surface area contributed by atoms with Crippen molar-refractivity contribution >= 4 is 27.7 Å². The first-order valence-electron chi connectivity index (χ1n) is 8.98. The van der Waals surface area contributed by atoms with Gasteiger partial charge in [0.05, 0.1) is 12.7 Å². The number of likely N-dealkylation sites (tertiary alicyclic amines) is 1. The van der Waals surface area contributed by atoms with Crippen molar-refractivity contribution in [2.24, 2.45) is 5.92 Å². The molecule has 2 atom stereocenters. The summed E-state index contributed by atoms with van der Waals surface area (Å²) >= 11 is 3.37. The summed E-state index contributed by atoms with van der Waals surface area (Å²) in [7, 11) is 1.38. The van der Waals surface area contributed by atoms with E-state index in [1.54, 1.807) is 12.3 Å². The molecule has 3 rings (SSSR count). The first-order chi connectivity index (χ1) is 13.0. The second-order valence-electron chi connectivity index (χ2n) is 6.86. The normalized spacial score (nSPS) is 19.6. The number of amides is 1. The maximum Gasteiger partial charge on any atom is 0.258 e. The molecule has 1 fully saturated rings. The van der Waals surface area contributed by atoms with E-state index in [0.29, 0.717) is 19.0 Å². The van der Waals surface area contributed by atoms with Crippen LogP contribution in [0.4, 0.5) is 10.2 Å². The van der Waals surface area contributed by atoms with Crippen LogP contribution in [-0.4, -0.2) is 42.0 Å². The highest BCUT2D eigenvalue weighted by Crippen LogP contribution is 2.28. The number of halogens is 2. The Hall–Kier alpha value is -2.15. The fraction of sp³-hybridized carbons (Fsp3) is 0.400. The number of carbonyl (C=O) groups excluding carboxylic acids is 1. The van der Waals surface area contributed by atoms with Crippen LogP contribution >= 0.6 is 15.9 Å². The monoisotopic (exact) mass is 435 g/mol. The van der Waals surface area contributed by atoms with E-state index < -0.39 is 5.82 Å². The van der Waals surface area contributed by atoms with Gasteiger partial charge in [-0.15, -0.1) is 0 Å². The van der Waals surface area contributed by atoms with Gasteiger partial charge in [-0.05, 0) is 59.0 Å². The minimum Gasteiger partial charge on any atom is -0.493 e. The Morgan fingerprint density at radius 3 is 2.89 bits per heavy atom. The van der Waals surface area contributed by atoms with Gasteiger partial charge in [-0.1, -0.05) is 13.0 Å². The number of nitrogens with one attached hydrogen (secondary N) is 1. The molecule has 0 bridgehead atoms. The lowest BCUT2D eigenvalue weighted by Crippen LogP contribution is -2.49. The van der Waals surface area contributed by atoms with Crippen molar-refractivity contribution < 1.29 is 13.9 Å². The number of ether oxygens (including phenoxy) is 1. The zero-order valence-corrected chi connectivity index (χ0v) is 17.0. The van der Waals surface area contributed by atoms with Crippen molar-refractivity contribution in [3.8, 4) is 5.75 Å². The van der Waals surface area contributed by atoms with E-state index in [0.717, 1.165) is 23.1 Å². The Labute approximate surface area is 167 Å². The molecule has 1 aromatic carbocycles. The average Bonchev–Trinajstić information content (AvgIpc) is 2.67. The minimum atomic E-state index is -0.526. The summed E-state index contributed by atoms with van der Waals surface area (Å²) in [5.74, 6) is 0.431. The van der Waals surface area contributed by atoms with E-state index in [2.05, 4.69) is 33.2 Å². The van der Waals surface area contributed by atoms with E-state index in [9.17, 15) is 9.18 Å². The maximum absolute atomic E-state index is 14.0. The maximum atomic E-state index is 14.0. The fourth-order valence-electron chi connectivity index (χ4n) is 3.41. The Kier molecular flexibility index (Phi) is 6.31. The highest BCUT2D eigenvalue weighted by Gasteiger charge is 2.32. The molecule has 1 amide bonds. The van der Waals surface area contributed by atoms with E-state index in [4.69, 9.17) is 4.74 Å². The van der Waals surface area contributed by atoms with Gasteiger partial charge in [0.15, 0.2) is 11.6 Å². The molecule has 0 unspecified atom stereocenters. The van der Waals surface area contributed by atoms with Gasteiger partial charge in [0, 0.05) is 29.8 Å². The number of rotatable bonds is 5. The van der Waals surface area contributed by atoms with Crippen molar-refractivity contribution in [2.75, 3.05) is 25.5 Å². The van der Waals surface area contributed by atoms with Crippen LogP contribution in [-0.2, 0) is 0 Å². The summed E-state index contributed by atoms with van der Waals surface area (Å²) in [6.45, 7) is 3.35. The molecule has 0 saturated carbocycles. The van der Waals surface area contributed by atoms with Crippen molar-refractivity contribution in [3.05, 3.63) is 52.4 Å². The van der Waals surface area contributed by atoms with Crippen LogP contribution in [0.1, 0.15) is 30.1 Å². The van der Waals surface area contributed by atoms with Gasteiger partial charge in [-0.3, -0.25) is 4.79 Å². The lowest BCUT2D eigenvalue weighted by Gasteiger charge is -2.39. The molecule has 144 valence electrons. The molecule has 2 heterocycles. The lowest BCUT2D eigenvalue weighted by atomic mass is 9.93. The fourth-order valence-corrected chi connectivity index (χ4v) is 3.65. The first kappa shape index (κ1) is 19.6. The van der Waals surface area contributed by atoms with Gasteiger partial charge in [0.2, 0.25) is 0 Å². The largest absolute Gasteiger partial charge is 0.493 e. The van der Waals surface area contributed by atoms with Crippen LogP contribution in [0.25, 0.3) is 0 Å². The van der Waals surface area contributed by atoms with Crippen molar-refractivity contribution in [1.82, 2.24) is 9.88 Å². The summed E-state index contributed by atoms with van der Waals surface area (Å²) in [6, 6.07) is 8.26. The summed E-state index contributed by atoms with van der Waals surface area (Å²) in [5, 5.41) is 3.30. The second kappa shape index (κ2) is 8.69. The van der Waals surface area contributed by atoms with Crippen LogP contribution in [0.3, 0.4) is 0 Å². The molecule has 27 heavy (non-hydrogen) atoms. The van der Waals surface area contributed by atoms with Gasteiger partial charge in [-0.25, -0.2) is 9.37 Å². The molecule has 1 saturated heterocycles. The molecular weight excluding hydrogens is 413 g/mol. The predicted molar refractivity (Wildman–Crippen MR) is 107 cm³/mol. The van der Waals surface area contributed by atoms with Crippen molar-refractivity contribution in [3.63, 3.8) is 0 Å². The smallest absolute Gasteiger partial charge is 0.258 e. The number of piperidine rings is 1. The molecule has 7 heteroatoms. The van der Waals surface area contributed by atoms with E-state index in [1.807, 2.05) is 17.0 Å². The Bertz CT molecular complexity index is 800. The van der Waals surface area contributed by atoms with Crippen LogP contribution in [0, 0.1) is 11.7 Å². The molecular formula is C20H23BrFN3O2. The van der Waals surface area contributed by atoms with Gasteiger partial charge >= 0.3 is 0 Å². The Morgan fingerprint density at radius 1 is 1.37 bits per heavy atom. The van der Waals surface area contributed by atoms with E-state index >= 15 is 0 Å². The average molecular weight is 436 g/mol. The minimum absolute atomic E-state index is 0.00186. The number of para-hydroxylation sites is 1. The molecule has 2 aromatic rings. The highest BCUT2D eigenvalue weighted by atomic mass is 79.9. The van der Waals surface area contributed by atoms with Crippen LogP contribution in [0.2, 0.25) is 0 Å². The number of pyridine rings is 1. The third-order valence-corrected chi connectivity index (χ3v) is 5.32. The number of hydrogen-bond acceptors (Lipinski definition) is 4. The Balaban J connectivity index is 1.78. The Morgan fingerprint density at radius 2 is 2.19 bits per heavy atom. The van der Waals surface area contributed by atoms with Crippen LogP contribution in [0.15, 0.2) is 41.0 Å². The molecule has 5 nitrogen and oxygen atoms in total. The number of anilines is 1. The molecule has 0 spiro atoms. The molecule has 1 aliphatic rings. The second-order valence-corrected chi connectivity index (χ2v) is 7.77. The molecule has 0 aliphatic carbocycles. The lowest BCUT2D eigenvalue weighted by molar-refractivity contribution is 0.0561. The third kappa shape index (κ3) is 4.58. The van der Waals surface area contributed by atoms with Gasteiger partial charge < -0.3 is 15.0 Å². The number of methoxy groups -OCH3 is 1. The van der Waals surface area contributed by atoms with Crippen LogP contribution in [0.5, 0.6) is 5.75 Å². The zero-order valence-electron chi connectivity index (χ0n) is 15.4. The van der Waals surface area contributed by atoms with Crippen molar-refractivity contribution in [2.45, 2.75) is 25.8 Å². The van der Waals surface area contributed by atoms with Crippen molar-refractivity contribution in [1.29, 1.82) is 0 Å². The number of benzene rings is 1. The number of aromatic nitrogens is 1. The third-order valence-electron chi connectivity index (χ3n) is 4.85. The standard InChI is InChI=1S/C20H23BrFN3O2/c1-13-6-8-15(11-24-18-9-7-14(21)10-23-18)25(12-13)20(26)16-4-3-5-17(22)19(16)27-2/h3-5,7,9-10,13,15H,6,8,11-12H2,1-2H3,(H,23,24)/t13-,15-/m0/s1. The summed E-state index contributed by atoms with van der Waals surface area (Å²) in [6.07, 6.45) is 3.66. The first-order valence-corrected chi connectivity index (χ1v) is 9.77. The molecule has 1 aromatic heterocycles. The van der Waals surface area contributed by atoms with E-state index in [1.165, 1.54) is 19.2 Å². The molecule has 0 radical (unpaired) electrons. The number of hydrogen-bond donors (Lipinski definition) is 1. The summed E-state index contributed by atoms with van der Waals surface area (Å²) < 4.78 is 20.1. The van der Waals surface area contributed by atoms with Crippen LogP contribution < -0.4 is 10.1 Å². The van der Waals surface area contributed by atoms with E-state index in [-0.39, 0.29) is 23.3 Å². The zero-order chi connectivity index (χ0) is 19.4. The molecule has 1 N–H and O–H groups in total. The summed E-state index contributed by atoms with van der Waals surface area (Å²) in [5.41, 5.74) is 0.262. The van der Waals surface area contributed by atoms with Gasteiger partial charge in [-0.2, -0.15) is 0 Å². The predicted octanol–water partition coefficient (Wildman–Crippen LogP) is 4.34. The topological polar surface area (TPSA) is 54.5 Å².